The number of esters is 1. The molecular weight excluding hydrogens is 518 g/mol. The highest BCUT2D eigenvalue weighted by molar-refractivity contribution is 5.89. The monoisotopic (exact) mass is 549 g/mol. The molecule has 0 radical (unpaired) electrons. The van der Waals surface area contributed by atoms with Gasteiger partial charge in [-0.05, 0) is 63.6 Å². The number of anilines is 1. The Morgan fingerprint density at radius 1 is 1.12 bits per heavy atom. The molecule has 0 aliphatic heterocycles. The van der Waals surface area contributed by atoms with Gasteiger partial charge in [-0.15, -0.1) is 5.10 Å². The highest BCUT2D eigenvalue weighted by Crippen LogP contribution is 2.30. The van der Waals surface area contributed by atoms with E-state index in [-0.39, 0.29) is 24.9 Å². The molecule has 0 spiro atoms. The Labute approximate surface area is 231 Å². The van der Waals surface area contributed by atoms with Gasteiger partial charge in [-0.3, -0.25) is 0 Å². The predicted molar refractivity (Wildman–Crippen MR) is 146 cm³/mol. The number of aromatic nitrogens is 4. The summed E-state index contributed by atoms with van der Waals surface area (Å²) in [7, 11) is 3.08. The van der Waals surface area contributed by atoms with Gasteiger partial charge in [0.05, 0.1) is 33.6 Å². The first-order chi connectivity index (χ1) is 19.1. The molecule has 12 heteroatoms. The fraction of sp³-hybridized carbons (Fsp3) is 0.321. The molecule has 210 valence electrons. The summed E-state index contributed by atoms with van der Waals surface area (Å²) < 4.78 is 28.4. The number of amides is 1. The van der Waals surface area contributed by atoms with Crippen LogP contribution in [0.5, 0.6) is 11.5 Å². The summed E-state index contributed by atoms with van der Waals surface area (Å²) in [5.41, 5.74) is 0.738. The molecule has 0 aliphatic rings. The summed E-state index contributed by atoms with van der Waals surface area (Å²) in [5.74, 6) is 1.35. The van der Waals surface area contributed by atoms with Gasteiger partial charge < -0.3 is 23.4 Å². The molecule has 4 rings (SSSR count). The van der Waals surface area contributed by atoms with Gasteiger partial charge in [0.25, 0.3) is 0 Å². The lowest BCUT2D eigenvalue weighted by molar-refractivity contribution is -0.137. The number of hydrogen-bond donors (Lipinski definition) is 0. The largest absolute Gasteiger partial charge is 0.493 e. The van der Waals surface area contributed by atoms with E-state index in [9.17, 15) is 9.59 Å². The van der Waals surface area contributed by atoms with E-state index in [0.717, 1.165) is 5.56 Å². The van der Waals surface area contributed by atoms with Gasteiger partial charge in [-0.25, -0.2) is 24.5 Å². The normalized spacial score (nSPS) is 11.6. The Hall–Kier alpha value is -4.87. The van der Waals surface area contributed by atoms with Gasteiger partial charge in [0.15, 0.2) is 22.9 Å². The maximum absolute atomic E-state index is 13.5. The minimum atomic E-state index is -0.782. The summed E-state index contributed by atoms with van der Waals surface area (Å²) in [6, 6.07) is 8.75. The van der Waals surface area contributed by atoms with E-state index in [4.69, 9.17) is 23.4 Å². The molecule has 3 heterocycles. The first-order valence-corrected chi connectivity index (χ1v) is 12.5. The Kier molecular flexibility index (Phi) is 8.37. The molecule has 0 N–H and O–H groups in total. The van der Waals surface area contributed by atoms with E-state index in [0.29, 0.717) is 28.5 Å². The highest BCUT2D eigenvalue weighted by atomic mass is 16.6. The van der Waals surface area contributed by atoms with Crippen molar-refractivity contribution in [3.05, 3.63) is 60.0 Å². The molecule has 12 nitrogen and oxygen atoms in total. The van der Waals surface area contributed by atoms with E-state index < -0.39 is 17.7 Å². The third kappa shape index (κ3) is 6.40. The zero-order chi connectivity index (χ0) is 28.9. The molecule has 1 amide bonds. The fourth-order valence-electron chi connectivity index (χ4n) is 3.73. The van der Waals surface area contributed by atoms with Crippen molar-refractivity contribution >= 4 is 29.7 Å². The number of fused-ring (bicyclic) bond motifs is 1. The van der Waals surface area contributed by atoms with Crippen molar-refractivity contribution in [2.75, 3.05) is 25.7 Å². The first-order valence-electron chi connectivity index (χ1n) is 12.5. The average Bonchev–Trinajstić information content (AvgIpc) is 3.60. The van der Waals surface area contributed by atoms with E-state index in [1.165, 1.54) is 41.1 Å². The standard InChI is InChI=1S/C28H31N5O7/c1-7-38-23(34)13-11-19-16-29-26(33-25(19)30-24(31-33)21-9-8-14-39-21)32(27(35)40-28(2,3)4)17-18-10-12-20(36-5)22(15-18)37-6/h8-16H,7,17H2,1-6H3. The maximum atomic E-state index is 13.5. The number of ether oxygens (including phenoxy) is 4. The number of nitrogens with zero attached hydrogens (tertiary/aromatic N) is 5. The summed E-state index contributed by atoms with van der Waals surface area (Å²) in [6.07, 6.45) is 5.15. The van der Waals surface area contributed by atoms with Gasteiger partial charge in [0, 0.05) is 17.8 Å². The summed E-state index contributed by atoms with van der Waals surface area (Å²) in [6.45, 7) is 7.34. The van der Waals surface area contributed by atoms with Crippen LogP contribution < -0.4 is 14.4 Å². The predicted octanol–water partition coefficient (Wildman–Crippen LogP) is 4.92. The second-order valence-electron chi connectivity index (χ2n) is 9.50. The molecule has 0 fully saturated rings. The second kappa shape index (κ2) is 11.9. The highest BCUT2D eigenvalue weighted by Gasteiger charge is 2.28. The molecule has 0 atom stereocenters. The number of furan rings is 1. The molecule has 0 unspecified atom stereocenters. The lowest BCUT2D eigenvalue weighted by Crippen LogP contribution is -2.38. The van der Waals surface area contributed by atoms with Crippen molar-refractivity contribution in [2.45, 2.75) is 39.8 Å². The van der Waals surface area contributed by atoms with Gasteiger partial charge >= 0.3 is 12.1 Å². The Morgan fingerprint density at radius 2 is 1.90 bits per heavy atom. The van der Waals surface area contributed by atoms with Crippen LogP contribution in [0.1, 0.15) is 38.8 Å². The third-order valence-corrected chi connectivity index (χ3v) is 5.44. The molecule has 40 heavy (non-hydrogen) atoms. The third-order valence-electron chi connectivity index (χ3n) is 5.44. The summed E-state index contributed by atoms with van der Waals surface area (Å²) >= 11 is 0. The zero-order valence-electron chi connectivity index (χ0n) is 23.2. The Bertz CT molecular complexity index is 1520. The summed E-state index contributed by atoms with van der Waals surface area (Å²) in [4.78, 5) is 36.0. The Balaban J connectivity index is 1.86. The number of carbonyl (C=O) groups excluding carboxylic acids is 2. The molecule has 0 bridgehead atoms. The number of hydrogen-bond acceptors (Lipinski definition) is 10. The van der Waals surface area contributed by atoms with Gasteiger partial charge in [-0.2, -0.15) is 4.52 Å². The van der Waals surface area contributed by atoms with E-state index in [1.54, 1.807) is 59.1 Å². The smallest absolute Gasteiger partial charge is 0.417 e. The molecule has 0 aliphatic carbocycles. The van der Waals surface area contributed by atoms with E-state index in [2.05, 4.69) is 15.1 Å². The van der Waals surface area contributed by atoms with Crippen LogP contribution in [0.15, 0.2) is 53.3 Å². The molecule has 4 aromatic rings. The van der Waals surface area contributed by atoms with Crippen molar-refractivity contribution in [3.63, 3.8) is 0 Å². The SMILES string of the molecule is CCOC(=O)C=Cc1cnc(N(Cc2ccc(OC)c(OC)c2)C(=O)OC(C)(C)C)n2nc(-c3ccco3)nc12. The molecule has 0 saturated carbocycles. The van der Waals surface area contributed by atoms with Gasteiger partial charge in [0.1, 0.15) is 5.60 Å². The van der Waals surface area contributed by atoms with Crippen molar-refractivity contribution in [3.8, 4) is 23.1 Å². The number of benzene rings is 1. The van der Waals surface area contributed by atoms with Crippen LogP contribution in [-0.4, -0.2) is 58.1 Å². The van der Waals surface area contributed by atoms with Crippen LogP contribution in [0.25, 0.3) is 23.3 Å². The van der Waals surface area contributed by atoms with Crippen molar-refractivity contribution < 1.29 is 33.0 Å². The average molecular weight is 550 g/mol. The molecule has 3 aromatic heterocycles. The Morgan fingerprint density at radius 3 is 2.55 bits per heavy atom. The van der Waals surface area contributed by atoms with Crippen molar-refractivity contribution in [1.82, 2.24) is 19.6 Å². The molecule has 0 saturated heterocycles. The first kappa shape index (κ1) is 28.1. The van der Waals surface area contributed by atoms with Crippen LogP contribution in [0.4, 0.5) is 10.7 Å². The van der Waals surface area contributed by atoms with Gasteiger partial charge in [-0.1, -0.05) is 6.07 Å². The zero-order valence-corrected chi connectivity index (χ0v) is 23.2. The van der Waals surface area contributed by atoms with E-state index >= 15 is 0 Å². The second-order valence-corrected chi connectivity index (χ2v) is 9.50. The fourth-order valence-corrected chi connectivity index (χ4v) is 3.73. The van der Waals surface area contributed by atoms with Crippen LogP contribution in [0.3, 0.4) is 0 Å². The van der Waals surface area contributed by atoms with E-state index in [1.807, 2.05) is 6.07 Å². The van der Waals surface area contributed by atoms with Crippen LogP contribution in [0.2, 0.25) is 0 Å². The number of rotatable bonds is 9. The molecule has 1 aromatic carbocycles. The lowest BCUT2D eigenvalue weighted by atomic mass is 10.2. The number of carbonyl (C=O) groups is 2. The topological polar surface area (TPSA) is 131 Å². The quantitative estimate of drug-likeness (QED) is 0.209. The van der Waals surface area contributed by atoms with Crippen molar-refractivity contribution in [1.29, 1.82) is 0 Å². The molecular formula is C28H31N5O7. The van der Waals surface area contributed by atoms with Crippen LogP contribution >= 0.6 is 0 Å². The lowest BCUT2D eigenvalue weighted by Gasteiger charge is -2.27. The van der Waals surface area contributed by atoms with Crippen molar-refractivity contribution in [2.24, 2.45) is 0 Å². The maximum Gasteiger partial charge on any atom is 0.417 e. The van der Waals surface area contributed by atoms with Gasteiger partial charge in [0.2, 0.25) is 11.8 Å². The number of methoxy groups -OCH3 is 2. The summed E-state index contributed by atoms with van der Waals surface area (Å²) in [5, 5.41) is 4.59. The minimum Gasteiger partial charge on any atom is -0.493 e. The van der Waals surface area contributed by atoms with Crippen LogP contribution in [0, 0.1) is 0 Å². The minimum absolute atomic E-state index is 0.0608. The van der Waals surface area contributed by atoms with Crippen LogP contribution in [-0.2, 0) is 20.8 Å².